The number of methoxy groups -OCH3 is 2. The van der Waals surface area contributed by atoms with E-state index in [0.29, 0.717) is 5.75 Å². The highest BCUT2D eigenvalue weighted by molar-refractivity contribution is 7.22. The molecule has 2 heterocycles. The molecule has 6 nitrogen and oxygen atoms in total. The minimum atomic E-state index is 0.705. The number of thiazole rings is 1. The molecule has 2 aromatic heterocycles. The highest BCUT2D eigenvalue weighted by Crippen LogP contribution is 2.36. The molecule has 7 heteroatoms. The summed E-state index contributed by atoms with van der Waals surface area (Å²) in [5.74, 6) is 1.45. The first-order chi connectivity index (χ1) is 11.7. The predicted molar refractivity (Wildman–Crippen MR) is 96.7 cm³/mol. The first kappa shape index (κ1) is 14.8. The minimum Gasteiger partial charge on any atom is -0.497 e. The van der Waals surface area contributed by atoms with Crippen LogP contribution in [0.15, 0.2) is 36.7 Å². The Morgan fingerprint density at radius 1 is 1.08 bits per heavy atom. The topological polar surface area (TPSA) is 61.2 Å². The Hall–Kier alpha value is -2.80. The summed E-state index contributed by atoms with van der Waals surface area (Å²) >= 11 is 1.59. The number of aryl methyl sites for hydroxylation is 1. The largest absolute Gasteiger partial charge is 0.497 e. The summed E-state index contributed by atoms with van der Waals surface area (Å²) < 4.78 is 13.7. The van der Waals surface area contributed by atoms with Crippen LogP contribution in [0, 0.1) is 0 Å². The molecular formula is C17H16N4O2S. The van der Waals surface area contributed by atoms with E-state index in [4.69, 9.17) is 14.5 Å². The number of aromatic nitrogens is 3. The van der Waals surface area contributed by atoms with Crippen molar-refractivity contribution >= 4 is 43.4 Å². The molecule has 24 heavy (non-hydrogen) atoms. The Labute approximate surface area is 142 Å². The number of anilines is 2. The van der Waals surface area contributed by atoms with Crippen LogP contribution in [-0.4, -0.2) is 28.8 Å². The molecule has 0 bridgehead atoms. The summed E-state index contributed by atoms with van der Waals surface area (Å²) in [6.45, 7) is 0. The van der Waals surface area contributed by atoms with Gasteiger partial charge in [-0.15, -0.1) is 0 Å². The van der Waals surface area contributed by atoms with Gasteiger partial charge in [-0.25, -0.2) is 9.97 Å². The van der Waals surface area contributed by atoms with Crippen LogP contribution in [0.2, 0.25) is 0 Å². The van der Waals surface area contributed by atoms with E-state index in [1.54, 1.807) is 25.6 Å². The van der Waals surface area contributed by atoms with E-state index in [9.17, 15) is 0 Å². The highest BCUT2D eigenvalue weighted by Gasteiger charge is 2.12. The number of ether oxygens (including phenoxy) is 2. The predicted octanol–water partition coefficient (Wildman–Crippen LogP) is 3.94. The van der Waals surface area contributed by atoms with Gasteiger partial charge in [0, 0.05) is 13.1 Å². The Bertz CT molecular complexity index is 1040. The number of imidazole rings is 1. The number of fused-ring (bicyclic) bond motifs is 3. The zero-order chi connectivity index (χ0) is 16.7. The SMILES string of the molecule is COc1ccc(Nc2nc3c(ccc4c3ncn4C)s2)c(OC)c1. The third-order valence-corrected chi connectivity index (χ3v) is 4.84. The van der Waals surface area contributed by atoms with Crippen LogP contribution in [0.1, 0.15) is 0 Å². The minimum absolute atomic E-state index is 0.705. The van der Waals surface area contributed by atoms with E-state index < -0.39 is 0 Å². The Kier molecular flexibility index (Phi) is 3.50. The number of rotatable bonds is 4. The lowest BCUT2D eigenvalue weighted by Gasteiger charge is -2.10. The van der Waals surface area contributed by atoms with Gasteiger partial charge in [0.05, 0.1) is 36.5 Å². The van der Waals surface area contributed by atoms with E-state index in [2.05, 4.69) is 22.4 Å². The number of nitrogens with one attached hydrogen (secondary N) is 1. The molecule has 4 aromatic rings. The van der Waals surface area contributed by atoms with Gasteiger partial charge in [-0.05, 0) is 24.3 Å². The van der Waals surface area contributed by atoms with Gasteiger partial charge in [0.25, 0.3) is 0 Å². The van der Waals surface area contributed by atoms with E-state index in [1.807, 2.05) is 36.1 Å². The molecule has 0 fully saturated rings. The third-order valence-electron chi connectivity index (χ3n) is 3.90. The van der Waals surface area contributed by atoms with Crippen LogP contribution in [0.3, 0.4) is 0 Å². The fraction of sp³-hybridized carbons (Fsp3) is 0.176. The Balaban J connectivity index is 1.76. The van der Waals surface area contributed by atoms with Crippen molar-refractivity contribution in [2.45, 2.75) is 0 Å². The zero-order valence-corrected chi connectivity index (χ0v) is 14.3. The van der Waals surface area contributed by atoms with Gasteiger partial charge < -0.3 is 19.4 Å². The van der Waals surface area contributed by atoms with Crippen molar-refractivity contribution in [3.63, 3.8) is 0 Å². The third kappa shape index (κ3) is 2.33. The van der Waals surface area contributed by atoms with Crippen LogP contribution >= 0.6 is 11.3 Å². The fourth-order valence-corrected chi connectivity index (χ4v) is 3.54. The molecule has 2 aromatic carbocycles. The first-order valence-electron chi connectivity index (χ1n) is 7.39. The van der Waals surface area contributed by atoms with Crippen molar-refractivity contribution in [1.29, 1.82) is 0 Å². The molecule has 0 saturated heterocycles. The molecule has 0 aliphatic heterocycles. The number of benzene rings is 2. The average Bonchev–Trinajstić information content (AvgIpc) is 3.18. The molecule has 0 atom stereocenters. The maximum absolute atomic E-state index is 5.43. The summed E-state index contributed by atoms with van der Waals surface area (Å²) in [4.78, 5) is 9.17. The molecule has 0 saturated carbocycles. The van der Waals surface area contributed by atoms with Gasteiger partial charge in [0.15, 0.2) is 5.13 Å². The summed E-state index contributed by atoms with van der Waals surface area (Å²) in [6.07, 6.45) is 1.81. The maximum Gasteiger partial charge on any atom is 0.188 e. The van der Waals surface area contributed by atoms with Gasteiger partial charge in [-0.1, -0.05) is 11.3 Å². The van der Waals surface area contributed by atoms with Crippen LogP contribution in [0.4, 0.5) is 10.8 Å². The quantitative estimate of drug-likeness (QED) is 0.610. The van der Waals surface area contributed by atoms with Crippen molar-refractivity contribution < 1.29 is 9.47 Å². The van der Waals surface area contributed by atoms with Crippen molar-refractivity contribution in [2.75, 3.05) is 19.5 Å². The van der Waals surface area contributed by atoms with E-state index in [0.717, 1.165) is 37.8 Å². The molecular weight excluding hydrogens is 324 g/mol. The molecule has 122 valence electrons. The Morgan fingerprint density at radius 3 is 2.75 bits per heavy atom. The lowest BCUT2D eigenvalue weighted by atomic mass is 10.2. The summed E-state index contributed by atoms with van der Waals surface area (Å²) in [7, 11) is 5.25. The number of hydrogen-bond donors (Lipinski definition) is 1. The molecule has 0 amide bonds. The molecule has 0 spiro atoms. The van der Waals surface area contributed by atoms with Crippen LogP contribution in [0.25, 0.3) is 21.3 Å². The van der Waals surface area contributed by atoms with Crippen molar-refractivity contribution in [1.82, 2.24) is 14.5 Å². The normalized spacial score (nSPS) is 11.1. The lowest BCUT2D eigenvalue weighted by Crippen LogP contribution is -1.95. The maximum atomic E-state index is 5.43. The van der Waals surface area contributed by atoms with Crippen molar-refractivity contribution in [3.05, 3.63) is 36.7 Å². The van der Waals surface area contributed by atoms with Gasteiger partial charge in [-0.3, -0.25) is 0 Å². The smallest absolute Gasteiger partial charge is 0.188 e. The van der Waals surface area contributed by atoms with Gasteiger partial charge >= 0.3 is 0 Å². The molecule has 0 aliphatic rings. The second kappa shape index (κ2) is 5.68. The number of hydrogen-bond acceptors (Lipinski definition) is 6. The molecule has 0 aliphatic carbocycles. The van der Waals surface area contributed by atoms with E-state index >= 15 is 0 Å². The van der Waals surface area contributed by atoms with E-state index in [-0.39, 0.29) is 0 Å². The van der Waals surface area contributed by atoms with E-state index in [1.165, 1.54) is 0 Å². The lowest BCUT2D eigenvalue weighted by molar-refractivity contribution is 0.395. The standard InChI is InChI=1S/C17H16N4O2S/c1-21-9-18-15-12(21)6-7-14-16(15)20-17(24-14)19-11-5-4-10(22-2)8-13(11)23-3/h4-9H,1-3H3,(H,19,20). The molecule has 0 unspecified atom stereocenters. The fourth-order valence-electron chi connectivity index (χ4n) is 2.66. The second-order valence-corrected chi connectivity index (χ2v) is 6.38. The summed E-state index contributed by atoms with van der Waals surface area (Å²) in [5, 5.41) is 4.13. The molecule has 0 radical (unpaired) electrons. The second-order valence-electron chi connectivity index (χ2n) is 5.35. The highest BCUT2D eigenvalue weighted by atomic mass is 32.1. The van der Waals surface area contributed by atoms with Crippen molar-refractivity contribution in [3.8, 4) is 11.5 Å². The average molecular weight is 340 g/mol. The summed E-state index contributed by atoms with van der Waals surface area (Å²) in [6, 6.07) is 9.79. The monoisotopic (exact) mass is 340 g/mol. The van der Waals surface area contributed by atoms with Gasteiger partial charge in [0.2, 0.25) is 0 Å². The first-order valence-corrected chi connectivity index (χ1v) is 8.21. The van der Waals surface area contributed by atoms with Crippen LogP contribution < -0.4 is 14.8 Å². The van der Waals surface area contributed by atoms with Crippen LogP contribution in [0.5, 0.6) is 11.5 Å². The molecule has 4 rings (SSSR count). The van der Waals surface area contributed by atoms with Crippen LogP contribution in [-0.2, 0) is 7.05 Å². The number of nitrogens with zero attached hydrogens (tertiary/aromatic N) is 3. The summed E-state index contributed by atoms with van der Waals surface area (Å²) in [5.41, 5.74) is 3.74. The Morgan fingerprint density at radius 2 is 1.96 bits per heavy atom. The van der Waals surface area contributed by atoms with Crippen molar-refractivity contribution in [2.24, 2.45) is 7.05 Å². The van der Waals surface area contributed by atoms with Gasteiger partial charge in [-0.2, -0.15) is 0 Å². The van der Waals surface area contributed by atoms with Gasteiger partial charge in [0.1, 0.15) is 22.5 Å². The zero-order valence-electron chi connectivity index (χ0n) is 13.5. The molecule has 1 N–H and O–H groups in total.